The molecule has 168 valence electrons. The SMILES string of the molecule is COC(=O)Cn1c(=NC(=O)CSCC(=O)N2CC(C)CC(C)C2)sc2cc(Br)ccc21. The third kappa shape index (κ3) is 6.43. The molecular weight excluding hydrogens is 502 g/mol. The number of carbonyl (C=O) groups is 3. The van der Waals surface area contributed by atoms with E-state index in [4.69, 9.17) is 4.74 Å². The van der Waals surface area contributed by atoms with Gasteiger partial charge in [0.25, 0.3) is 5.91 Å². The molecule has 0 spiro atoms. The van der Waals surface area contributed by atoms with Gasteiger partial charge in [-0.15, -0.1) is 11.8 Å². The molecule has 2 amide bonds. The number of amides is 2. The van der Waals surface area contributed by atoms with Crippen LogP contribution in [0.5, 0.6) is 0 Å². The molecule has 10 heteroatoms. The molecule has 2 heterocycles. The van der Waals surface area contributed by atoms with Crippen LogP contribution in [0.3, 0.4) is 0 Å². The minimum atomic E-state index is -0.415. The monoisotopic (exact) mass is 527 g/mol. The van der Waals surface area contributed by atoms with Crippen LogP contribution in [0.25, 0.3) is 10.2 Å². The Labute approximate surface area is 198 Å². The van der Waals surface area contributed by atoms with Crippen LogP contribution in [0.1, 0.15) is 20.3 Å². The van der Waals surface area contributed by atoms with Crippen LogP contribution in [0.4, 0.5) is 0 Å². The van der Waals surface area contributed by atoms with Gasteiger partial charge < -0.3 is 14.2 Å². The van der Waals surface area contributed by atoms with Gasteiger partial charge in [-0.05, 0) is 36.5 Å². The Morgan fingerprint density at radius 1 is 1.23 bits per heavy atom. The summed E-state index contributed by atoms with van der Waals surface area (Å²) in [5, 5.41) is 0. The van der Waals surface area contributed by atoms with Gasteiger partial charge >= 0.3 is 5.97 Å². The number of methoxy groups -OCH3 is 1. The molecule has 0 aliphatic carbocycles. The molecule has 31 heavy (non-hydrogen) atoms. The number of esters is 1. The summed E-state index contributed by atoms with van der Waals surface area (Å²) in [4.78, 5) is 43.4. The highest BCUT2D eigenvalue weighted by molar-refractivity contribution is 9.10. The number of carbonyl (C=O) groups excluding carboxylic acids is 3. The van der Waals surface area contributed by atoms with Crippen molar-refractivity contribution in [2.45, 2.75) is 26.8 Å². The van der Waals surface area contributed by atoms with Crippen molar-refractivity contribution in [2.75, 3.05) is 31.7 Å². The lowest BCUT2D eigenvalue weighted by atomic mass is 9.92. The van der Waals surface area contributed by atoms with Crippen LogP contribution in [0, 0.1) is 11.8 Å². The topological polar surface area (TPSA) is 81.0 Å². The summed E-state index contributed by atoms with van der Waals surface area (Å²) in [6.07, 6.45) is 1.14. The first-order valence-corrected chi connectivity index (χ1v) is 12.8. The normalized spacial score (nSPS) is 19.6. The maximum absolute atomic E-state index is 12.5. The second-order valence-electron chi connectivity index (χ2n) is 7.90. The number of benzene rings is 1. The first kappa shape index (κ1) is 24.0. The fourth-order valence-corrected chi connectivity index (χ4v) is 6.10. The zero-order chi connectivity index (χ0) is 22.5. The maximum Gasteiger partial charge on any atom is 0.325 e. The van der Waals surface area contributed by atoms with Crippen LogP contribution in [-0.2, 0) is 25.7 Å². The van der Waals surface area contributed by atoms with Crippen molar-refractivity contribution in [3.05, 3.63) is 27.5 Å². The summed E-state index contributed by atoms with van der Waals surface area (Å²) in [6.45, 7) is 5.87. The quantitative estimate of drug-likeness (QED) is 0.538. The van der Waals surface area contributed by atoms with Crippen molar-refractivity contribution in [1.29, 1.82) is 0 Å². The molecular formula is C21H26BrN3O4S2. The van der Waals surface area contributed by atoms with Gasteiger partial charge in [0.05, 0.1) is 28.8 Å². The largest absolute Gasteiger partial charge is 0.468 e. The highest BCUT2D eigenvalue weighted by atomic mass is 79.9. The molecule has 1 aliphatic heterocycles. The summed E-state index contributed by atoms with van der Waals surface area (Å²) in [7, 11) is 1.33. The van der Waals surface area contributed by atoms with Crippen molar-refractivity contribution < 1.29 is 19.1 Å². The number of halogens is 1. The highest BCUT2D eigenvalue weighted by Crippen LogP contribution is 2.23. The molecule has 7 nitrogen and oxygen atoms in total. The average Bonchev–Trinajstić information content (AvgIpc) is 3.02. The Morgan fingerprint density at radius 2 is 1.94 bits per heavy atom. The predicted molar refractivity (Wildman–Crippen MR) is 127 cm³/mol. The van der Waals surface area contributed by atoms with E-state index in [0.717, 1.165) is 34.2 Å². The Kier molecular flexibility index (Phi) is 8.35. The fourth-order valence-electron chi connectivity index (χ4n) is 3.80. The van der Waals surface area contributed by atoms with Crippen molar-refractivity contribution in [1.82, 2.24) is 9.47 Å². The Morgan fingerprint density at radius 3 is 2.61 bits per heavy atom. The number of thioether (sulfide) groups is 1. The number of rotatable bonds is 6. The van der Waals surface area contributed by atoms with Crippen molar-refractivity contribution >= 4 is 67.0 Å². The minimum Gasteiger partial charge on any atom is -0.468 e. The summed E-state index contributed by atoms with van der Waals surface area (Å²) in [5.74, 6) is 0.719. The standard InChI is InChI=1S/C21H26BrN3O4S2/c1-13-6-14(2)9-24(8-13)19(27)12-30-11-18(26)23-21-25(10-20(28)29-3)16-5-4-15(22)7-17(16)31-21/h4-5,7,13-14H,6,8-12H2,1-3H3. The Balaban J connectivity index is 1.68. The molecule has 2 atom stereocenters. The molecule has 2 aromatic rings. The van der Waals surface area contributed by atoms with E-state index in [1.807, 2.05) is 23.1 Å². The zero-order valence-corrected chi connectivity index (χ0v) is 21.0. The van der Waals surface area contributed by atoms with Gasteiger partial charge in [0.1, 0.15) is 6.54 Å². The van der Waals surface area contributed by atoms with Gasteiger partial charge in [-0.2, -0.15) is 4.99 Å². The third-order valence-electron chi connectivity index (χ3n) is 5.05. The molecule has 0 saturated carbocycles. The first-order chi connectivity index (χ1) is 14.8. The van der Waals surface area contributed by atoms with Gasteiger partial charge in [-0.1, -0.05) is 41.1 Å². The van der Waals surface area contributed by atoms with Gasteiger partial charge in [0.15, 0.2) is 4.80 Å². The number of thiazole rings is 1. The Bertz CT molecular complexity index is 1040. The van der Waals surface area contributed by atoms with Gasteiger partial charge in [-0.3, -0.25) is 14.4 Å². The number of likely N-dealkylation sites (tertiary alicyclic amines) is 1. The summed E-state index contributed by atoms with van der Waals surface area (Å²) in [6, 6.07) is 5.67. The second-order valence-corrected chi connectivity index (χ2v) is 10.8. The highest BCUT2D eigenvalue weighted by Gasteiger charge is 2.25. The van der Waals surface area contributed by atoms with Crippen LogP contribution in [-0.4, -0.2) is 59.0 Å². The molecule has 1 fully saturated rings. The lowest BCUT2D eigenvalue weighted by molar-refractivity contribution is -0.141. The summed E-state index contributed by atoms with van der Waals surface area (Å²) < 4.78 is 8.27. The van der Waals surface area contributed by atoms with Crippen molar-refractivity contribution in [3.8, 4) is 0 Å². The van der Waals surface area contributed by atoms with E-state index in [1.54, 1.807) is 4.57 Å². The number of nitrogens with zero attached hydrogens (tertiary/aromatic N) is 3. The fraction of sp³-hybridized carbons (Fsp3) is 0.524. The van der Waals surface area contributed by atoms with Crippen molar-refractivity contribution in [3.63, 3.8) is 0 Å². The number of hydrogen-bond acceptors (Lipinski definition) is 6. The zero-order valence-electron chi connectivity index (χ0n) is 17.8. The van der Waals surface area contributed by atoms with E-state index in [1.165, 1.54) is 30.2 Å². The molecule has 1 aliphatic rings. The molecule has 1 saturated heterocycles. The van der Waals surface area contributed by atoms with Crippen LogP contribution < -0.4 is 4.80 Å². The number of hydrogen-bond donors (Lipinski definition) is 0. The molecule has 0 bridgehead atoms. The van der Waals surface area contributed by atoms with E-state index < -0.39 is 5.97 Å². The van der Waals surface area contributed by atoms with Gasteiger partial charge in [0, 0.05) is 17.6 Å². The molecule has 3 rings (SSSR count). The lowest BCUT2D eigenvalue weighted by Gasteiger charge is -2.35. The van der Waals surface area contributed by atoms with E-state index in [0.29, 0.717) is 16.6 Å². The second kappa shape index (κ2) is 10.8. The van der Waals surface area contributed by atoms with E-state index in [9.17, 15) is 14.4 Å². The molecule has 0 radical (unpaired) electrons. The maximum atomic E-state index is 12.5. The van der Waals surface area contributed by atoms with E-state index >= 15 is 0 Å². The Hall–Kier alpha value is -1.65. The van der Waals surface area contributed by atoms with Gasteiger partial charge in [0.2, 0.25) is 5.91 Å². The number of piperidine rings is 1. The summed E-state index contributed by atoms with van der Waals surface area (Å²) in [5.41, 5.74) is 0.807. The first-order valence-electron chi connectivity index (χ1n) is 10.1. The smallest absolute Gasteiger partial charge is 0.325 e. The minimum absolute atomic E-state index is 0.0266. The third-order valence-corrected chi connectivity index (χ3v) is 7.49. The molecule has 1 aromatic heterocycles. The molecule has 2 unspecified atom stereocenters. The predicted octanol–water partition coefficient (Wildman–Crippen LogP) is 3.30. The van der Waals surface area contributed by atoms with Crippen LogP contribution >= 0.6 is 39.0 Å². The molecule has 0 N–H and O–H groups in total. The molecule has 1 aromatic carbocycles. The number of aromatic nitrogens is 1. The van der Waals surface area contributed by atoms with E-state index in [2.05, 4.69) is 34.8 Å². The number of fused-ring (bicyclic) bond motifs is 1. The average molecular weight is 528 g/mol. The van der Waals surface area contributed by atoms with E-state index in [-0.39, 0.29) is 29.9 Å². The van der Waals surface area contributed by atoms with Crippen LogP contribution in [0.15, 0.2) is 27.7 Å². The van der Waals surface area contributed by atoms with Crippen LogP contribution in [0.2, 0.25) is 0 Å². The summed E-state index contributed by atoms with van der Waals surface area (Å²) >= 11 is 6.05. The lowest BCUT2D eigenvalue weighted by Crippen LogP contribution is -2.43. The van der Waals surface area contributed by atoms with Gasteiger partial charge in [-0.25, -0.2) is 0 Å². The van der Waals surface area contributed by atoms with Crippen molar-refractivity contribution in [2.24, 2.45) is 16.8 Å². The number of ether oxygens (including phenoxy) is 1.